The maximum absolute atomic E-state index is 6.20. The van der Waals surface area contributed by atoms with Crippen LogP contribution in [-0.4, -0.2) is 6.21 Å². The molecule has 4 fully saturated rings. The largest absolute Gasteiger partial charge is 0.256 e. The van der Waals surface area contributed by atoms with Gasteiger partial charge < -0.3 is 0 Å². The quantitative estimate of drug-likeness (QED) is 0.556. The summed E-state index contributed by atoms with van der Waals surface area (Å²) in [5, 5.41) is 0.747. The second kappa shape index (κ2) is 5.99. The Kier molecular flexibility index (Phi) is 3.74. The van der Waals surface area contributed by atoms with Crippen molar-refractivity contribution in [1.29, 1.82) is 0 Å². The van der Waals surface area contributed by atoms with Gasteiger partial charge >= 0.3 is 0 Å². The van der Waals surface area contributed by atoms with Gasteiger partial charge in [0.2, 0.25) is 0 Å². The smallest absolute Gasteiger partial charge is 0.0630 e. The zero-order valence-electron chi connectivity index (χ0n) is 14.5. The van der Waals surface area contributed by atoms with Crippen LogP contribution in [0.4, 0.5) is 5.69 Å². The molecule has 0 aliphatic heterocycles. The van der Waals surface area contributed by atoms with Crippen LogP contribution < -0.4 is 0 Å². The fourth-order valence-corrected chi connectivity index (χ4v) is 6.27. The van der Waals surface area contributed by atoms with Gasteiger partial charge in [0.25, 0.3) is 0 Å². The molecular formula is C23H24ClN. The van der Waals surface area contributed by atoms with E-state index in [-0.39, 0.29) is 0 Å². The number of aliphatic imine (C=N–C) groups is 1. The van der Waals surface area contributed by atoms with Crippen molar-refractivity contribution in [3.63, 3.8) is 0 Å². The molecule has 4 aliphatic rings. The first-order chi connectivity index (χ1) is 12.2. The van der Waals surface area contributed by atoms with Crippen LogP contribution in [0.15, 0.2) is 53.5 Å². The molecule has 0 aromatic heterocycles. The minimum absolute atomic E-state index is 0.472. The molecule has 0 saturated heterocycles. The number of rotatable bonds is 3. The monoisotopic (exact) mass is 349 g/mol. The maximum atomic E-state index is 6.20. The molecule has 0 spiro atoms. The molecule has 128 valence electrons. The summed E-state index contributed by atoms with van der Waals surface area (Å²) in [6, 6.07) is 16.9. The van der Waals surface area contributed by atoms with Crippen molar-refractivity contribution in [2.45, 2.75) is 43.9 Å². The molecule has 6 rings (SSSR count). The van der Waals surface area contributed by atoms with E-state index in [2.05, 4.69) is 29.3 Å². The van der Waals surface area contributed by atoms with Gasteiger partial charge in [-0.05, 0) is 85.5 Å². The van der Waals surface area contributed by atoms with Crippen molar-refractivity contribution in [3.8, 4) is 0 Å². The van der Waals surface area contributed by atoms with E-state index in [0.29, 0.717) is 5.41 Å². The first kappa shape index (κ1) is 15.6. The summed E-state index contributed by atoms with van der Waals surface area (Å²) in [5.74, 6) is 2.97. The highest BCUT2D eigenvalue weighted by Gasteiger charge is 2.51. The Morgan fingerprint density at radius 1 is 0.840 bits per heavy atom. The molecule has 0 unspecified atom stereocenters. The van der Waals surface area contributed by atoms with Gasteiger partial charge in [0.15, 0.2) is 0 Å². The molecule has 25 heavy (non-hydrogen) atoms. The lowest BCUT2D eigenvalue weighted by molar-refractivity contribution is -0.00518. The Balaban J connectivity index is 1.38. The highest BCUT2D eigenvalue weighted by atomic mass is 35.5. The molecule has 2 aromatic carbocycles. The standard InChI is InChI=1S/C23H24ClN/c24-22-4-2-1-3-19(22)15-25-21-7-5-20(6-8-21)23-12-16-9-17(13-23)11-18(10-16)14-23/h1-8,15-18H,9-14H2. The van der Waals surface area contributed by atoms with Crippen LogP contribution in [0, 0.1) is 17.8 Å². The van der Waals surface area contributed by atoms with Crippen LogP contribution in [0.1, 0.15) is 49.7 Å². The Morgan fingerprint density at radius 2 is 1.44 bits per heavy atom. The number of hydrogen-bond donors (Lipinski definition) is 0. The first-order valence-corrected chi connectivity index (χ1v) is 9.97. The molecule has 0 N–H and O–H groups in total. The van der Waals surface area contributed by atoms with Gasteiger partial charge in [0.05, 0.1) is 5.69 Å². The summed E-state index contributed by atoms with van der Waals surface area (Å²) < 4.78 is 0. The third kappa shape index (κ3) is 2.83. The van der Waals surface area contributed by atoms with E-state index < -0.39 is 0 Å². The highest BCUT2D eigenvalue weighted by molar-refractivity contribution is 6.33. The van der Waals surface area contributed by atoms with Crippen LogP contribution >= 0.6 is 11.6 Å². The lowest BCUT2D eigenvalue weighted by Gasteiger charge is -2.57. The Morgan fingerprint density at radius 3 is 2.04 bits per heavy atom. The van der Waals surface area contributed by atoms with Crippen molar-refractivity contribution in [2.24, 2.45) is 22.7 Å². The van der Waals surface area contributed by atoms with E-state index in [4.69, 9.17) is 11.6 Å². The van der Waals surface area contributed by atoms with Crippen LogP contribution in [0.5, 0.6) is 0 Å². The fourth-order valence-electron chi connectivity index (χ4n) is 6.09. The maximum Gasteiger partial charge on any atom is 0.0630 e. The number of halogens is 1. The van der Waals surface area contributed by atoms with E-state index in [1.165, 1.54) is 38.5 Å². The van der Waals surface area contributed by atoms with Gasteiger partial charge in [-0.15, -0.1) is 0 Å². The Hall–Kier alpha value is -1.60. The van der Waals surface area contributed by atoms with Gasteiger partial charge in [0.1, 0.15) is 0 Å². The van der Waals surface area contributed by atoms with Crippen molar-refractivity contribution >= 4 is 23.5 Å². The van der Waals surface area contributed by atoms with Gasteiger partial charge in [-0.25, -0.2) is 0 Å². The van der Waals surface area contributed by atoms with Crippen LogP contribution in [0.2, 0.25) is 5.02 Å². The van der Waals surface area contributed by atoms with Crippen molar-refractivity contribution in [3.05, 3.63) is 64.7 Å². The van der Waals surface area contributed by atoms with E-state index in [0.717, 1.165) is 34.0 Å². The van der Waals surface area contributed by atoms with Gasteiger partial charge in [-0.1, -0.05) is 41.9 Å². The van der Waals surface area contributed by atoms with Crippen LogP contribution in [0.3, 0.4) is 0 Å². The number of nitrogens with zero attached hydrogens (tertiary/aromatic N) is 1. The second-order valence-corrected chi connectivity index (χ2v) is 8.93. The summed E-state index contributed by atoms with van der Waals surface area (Å²) in [7, 11) is 0. The summed E-state index contributed by atoms with van der Waals surface area (Å²) in [6.07, 6.45) is 10.6. The highest BCUT2D eigenvalue weighted by Crippen LogP contribution is 2.60. The Labute approximate surface area is 155 Å². The molecule has 0 amide bonds. The summed E-state index contributed by atoms with van der Waals surface area (Å²) in [4.78, 5) is 4.62. The predicted octanol–water partition coefficient (Wildman–Crippen LogP) is 6.56. The Bertz CT molecular complexity index is 770. The molecule has 0 radical (unpaired) electrons. The third-order valence-corrected chi connectivity index (χ3v) is 7.12. The fraction of sp³-hybridized carbons (Fsp3) is 0.435. The zero-order valence-corrected chi connectivity index (χ0v) is 15.3. The number of benzene rings is 2. The zero-order chi connectivity index (χ0) is 16.9. The predicted molar refractivity (Wildman–Crippen MR) is 105 cm³/mol. The molecule has 1 nitrogen and oxygen atoms in total. The van der Waals surface area contributed by atoms with E-state index in [9.17, 15) is 0 Å². The van der Waals surface area contributed by atoms with Crippen LogP contribution in [0.25, 0.3) is 0 Å². The van der Waals surface area contributed by atoms with E-state index >= 15 is 0 Å². The molecule has 2 aromatic rings. The average molecular weight is 350 g/mol. The minimum atomic E-state index is 0.472. The van der Waals surface area contributed by atoms with Crippen molar-refractivity contribution in [1.82, 2.24) is 0 Å². The molecular weight excluding hydrogens is 326 g/mol. The number of hydrogen-bond acceptors (Lipinski definition) is 1. The van der Waals surface area contributed by atoms with Crippen molar-refractivity contribution in [2.75, 3.05) is 0 Å². The van der Waals surface area contributed by atoms with Gasteiger partial charge in [-0.3, -0.25) is 4.99 Å². The minimum Gasteiger partial charge on any atom is -0.256 e. The lowest BCUT2D eigenvalue weighted by Crippen LogP contribution is -2.48. The SMILES string of the molecule is Clc1ccccc1C=Nc1ccc(C23CC4CC(CC(C4)C2)C3)cc1. The van der Waals surface area contributed by atoms with E-state index in [1.54, 1.807) is 5.56 Å². The summed E-state index contributed by atoms with van der Waals surface area (Å²) >= 11 is 6.20. The second-order valence-electron chi connectivity index (χ2n) is 8.52. The first-order valence-electron chi connectivity index (χ1n) is 9.59. The molecule has 2 heteroatoms. The molecule has 0 heterocycles. The van der Waals surface area contributed by atoms with Gasteiger partial charge in [-0.2, -0.15) is 0 Å². The normalized spacial score (nSPS) is 33.2. The summed E-state index contributed by atoms with van der Waals surface area (Å²) in [5.41, 5.74) is 4.01. The third-order valence-electron chi connectivity index (χ3n) is 6.78. The molecule has 4 aliphatic carbocycles. The van der Waals surface area contributed by atoms with Crippen LogP contribution in [-0.2, 0) is 5.41 Å². The van der Waals surface area contributed by atoms with Gasteiger partial charge in [0, 0.05) is 16.8 Å². The topological polar surface area (TPSA) is 12.4 Å². The summed E-state index contributed by atoms with van der Waals surface area (Å²) in [6.45, 7) is 0. The molecule has 4 saturated carbocycles. The average Bonchev–Trinajstić information content (AvgIpc) is 2.60. The lowest BCUT2D eigenvalue weighted by atomic mass is 9.48. The molecule has 0 atom stereocenters. The molecule has 4 bridgehead atoms. The van der Waals surface area contributed by atoms with E-state index in [1.807, 2.05) is 30.5 Å². The van der Waals surface area contributed by atoms with Crippen molar-refractivity contribution < 1.29 is 0 Å².